The molecule has 0 saturated heterocycles. The fourth-order valence-corrected chi connectivity index (χ4v) is 5.00. The van der Waals surface area contributed by atoms with Gasteiger partial charge in [-0.2, -0.15) is 0 Å². The molecule has 2 N–H and O–H groups in total. The van der Waals surface area contributed by atoms with E-state index in [-0.39, 0.29) is 11.5 Å². The summed E-state index contributed by atoms with van der Waals surface area (Å²) in [5.41, 5.74) is 5.77. The SMILES string of the molecule is COc1cc(C(=O)NN2C(=O)c3ccccc3N[C@@H]2c2cc(OCc3ccccc3)ccc2Br)cc(OC)c1OC. The van der Waals surface area contributed by atoms with Gasteiger partial charge < -0.3 is 24.3 Å². The first-order valence-electron chi connectivity index (χ1n) is 12.7. The summed E-state index contributed by atoms with van der Waals surface area (Å²) in [7, 11) is 4.42. The maximum Gasteiger partial charge on any atom is 0.276 e. The van der Waals surface area contributed by atoms with Crippen LogP contribution in [0.3, 0.4) is 0 Å². The summed E-state index contributed by atoms with van der Waals surface area (Å²) >= 11 is 3.62. The van der Waals surface area contributed by atoms with Crippen LogP contribution in [-0.4, -0.2) is 38.2 Å². The van der Waals surface area contributed by atoms with Gasteiger partial charge in [-0.15, -0.1) is 0 Å². The standard InChI is InChI=1S/C31H28BrN3O6/c1-38-26-15-20(16-27(39-2)28(26)40-3)30(36)34-35-29(33-25-12-8-7-11-22(25)31(35)37)23-17-21(13-14-24(23)32)41-18-19-9-5-4-6-10-19/h4-17,29,33H,18H2,1-3H3,(H,34,36)/t29-/m0/s1. The molecule has 4 aromatic rings. The van der Waals surface area contributed by atoms with E-state index < -0.39 is 12.1 Å². The molecule has 2 amide bonds. The third-order valence-corrected chi connectivity index (χ3v) is 7.31. The van der Waals surface area contributed by atoms with E-state index in [1.807, 2.05) is 60.7 Å². The molecule has 0 aliphatic carbocycles. The van der Waals surface area contributed by atoms with E-state index in [1.165, 1.54) is 38.5 Å². The number of nitrogens with one attached hydrogen (secondary N) is 2. The molecule has 0 unspecified atom stereocenters. The van der Waals surface area contributed by atoms with E-state index in [9.17, 15) is 9.59 Å². The number of hydrogen-bond donors (Lipinski definition) is 2. The predicted octanol–water partition coefficient (Wildman–Crippen LogP) is 5.97. The summed E-state index contributed by atoms with van der Waals surface area (Å²) in [6.45, 7) is 0.378. The Kier molecular flexibility index (Phi) is 8.30. The number of anilines is 1. The molecule has 1 atom stereocenters. The molecule has 9 nitrogen and oxygen atoms in total. The number of ether oxygens (including phenoxy) is 4. The number of halogens is 1. The highest BCUT2D eigenvalue weighted by molar-refractivity contribution is 9.10. The minimum atomic E-state index is -0.766. The number of methoxy groups -OCH3 is 3. The Morgan fingerprint density at radius 2 is 1.59 bits per heavy atom. The van der Waals surface area contributed by atoms with Crippen LogP contribution in [0.5, 0.6) is 23.0 Å². The van der Waals surface area contributed by atoms with E-state index in [2.05, 4.69) is 26.7 Å². The minimum Gasteiger partial charge on any atom is -0.493 e. The number of benzene rings is 4. The zero-order chi connectivity index (χ0) is 28.9. The van der Waals surface area contributed by atoms with Crippen LogP contribution < -0.4 is 29.7 Å². The number of para-hydroxylation sites is 1. The molecule has 0 fully saturated rings. The number of carbonyl (C=O) groups excluding carboxylic acids is 2. The lowest BCUT2D eigenvalue weighted by molar-refractivity contribution is 0.0489. The van der Waals surface area contributed by atoms with Crippen molar-refractivity contribution >= 4 is 33.4 Å². The normalized spacial score (nSPS) is 14.0. The van der Waals surface area contributed by atoms with Crippen molar-refractivity contribution in [3.8, 4) is 23.0 Å². The molecule has 0 radical (unpaired) electrons. The Morgan fingerprint density at radius 3 is 2.27 bits per heavy atom. The number of rotatable bonds is 9. The lowest BCUT2D eigenvalue weighted by atomic mass is 10.0. The molecule has 0 aromatic heterocycles. The third kappa shape index (κ3) is 5.78. The largest absolute Gasteiger partial charge is 0.493 e. The van der Waals surface area contributed by atoms with E-state index in [4.69, 9.17) is 18.9 Å². The number of hydrogen-bond acceptors (Lipinski definition) is 7. The molecule has 41 heavy (non-hydrogen) atoms. The zero-order valence-electron chi connectivity index (χ0n) is 22.6. The highest BCUT2D eigenvalue weighted by atomic mass is 79.9. The molecular weight excluding hydrogens is 590 g/mol. The highest BCUT2D eigenvalue weighted by Gasteiger charge is 2.36. The van der Waals surface area contributed by atoms with Crippen LogP contribution in [0.4, 0.5) is 5.69 Å². The van der Waals surface area contributed by atoms with Crippen LogP contribution in [0.15, 0.2) is 89.4 Å². The molecule has 1 aliphatic rings. The van der Waals surface area contributed by atoms with Crippen LogP contribution in [-0.2, 0) is 6.61 Å². The summed E-state index contributed by atoms with van der Waals surface area (Å²) in [6.07, 6.45) is -0.766. The molecule has 0 spiro atoms. The summed E-state index contributed by atoms with van der Waals surface area (Å²) in [5, 5.41) is 4.66. The molecule has 210 valence electrons. The van der Waals surface area contributed by atoms with Gasteiger partial charge >= 0.3 is 0 Å². The van der Waals surface area contributed by atoms with Gasteiger partial charge in [-0.1, -0.05) is 58.4 Å². The van der Waals surface area contributed by atoms with Gasteiger partial charge in [0.2, 0.25) is 5.75 Å². The van der Waals surface area contributed by atoms with E-state index >= 15 is 0 Å². The van der Waals surface area contributed by atoms with Gasteiger partial charge in [0.05, 0.1) is 26.9 Å². The molecule has 5 rings (SSSR count). The number of hydrazine groups is 1. The maximum absolute atomic E-state index is 13.8. The Morgan fingerprint density at radius 1 is 0.902 bits per heavy atom. The topological polar surface area (TPSA) is 98.4 Å². The predicted molar refractivity (Wildman–Crippen MR) is 157 cm³/mol. The second-order valence-electron chi connectivity index (χ2n) is 9.08. The zero-order valence-corrected chi connectivity index (χ0v) is 24.2. The fraction of sp³-hybridized carbons (Fsp3) is 0.161. The Balaban J connectivity index is 1.49. The Labute approximate surface area is 246 Å². The quantitative estimate of drug-likeness (QED) is 0.239. The summed E-state index contributed by atoms with van der Waals surface area (Å²) in [6, 6.07) is 25.5. The first-order valence-corrected chi connectivity index (χ1v) is 13.5. The first-order chi connectivity index (χ1) is 19.9. The molecule has 4 aromatic carbocycles. The van der Waals surface area contributed by atoms with E-state index in [1.54, 1.807) is 12.1 Å². The van der Waals surface area contributed by atoms with Crippen LogP contribution in [0.25, 0.3) is 0 Å². The molecule has 0 saturated carbocycles. The summed E-state index contributed by atoms with van der Waals surface area (Å²) in [5.74, 6) is 0.659. The van der Waals surface area contributed by atoms with Crippen molar-refractivity contribution in [1.29, 1.82) is 0 Å². The number of fused-ring (bicyclic) bond motifs is 1. The third-order valence-electron chi connectivity index (χ3n) is 6.59. The van der Waals surface area contributed by atoms with Crippen LogP contribution in [0.1, 0.15) is 38.0 Å². The molecule has 0 bridgehead atoms. The van der Waals surface area contributed by atoms with Crippen LogP contribution in [0, 0.1) is 0 Å². The van der Waals surface area contributed by atoms with Gasteiger partial charge in [-0.3, -0.25) is 15.0 Å². The van der Waals surface area contributed by atoms with Crippen molar-refractivity contribution in [2.75, 3.05) is 26.6 Å². The number of amides is 2. The average molecular weight is 618 g/mol. The van der Waals surface area contributed by atoms with Gasteiger partial charge in [-0.25, -0.2) is 5.01 Å². The van der Waals surface area contributed by atoms with Gasteiger partial charge in [0.1, 0.15) is 18.5 Å². The van der Waals surface area contributed by atoms with Gasteiger partial charge in [0.15, 0.2) is 11.5 Å². The molecule has 1 aliphatic heterocycles. The minimum absolute atomic E-state index is 0.212. The van der Waals surface area contributed by atoms with E-state index in [0.717, 1.165) is 10.0 Å². The van der Waals surface area contributed by atoms with Gasteiger partial charge in [-0.05, 0) is 48.0 Å². The molecule has 10 heteroatoms. The van der Waals surface area contributed by atoms with Crippen LogP contribution >= 0.6 is 15.9 Å². The molecule has 1 heterocycles. The van der Waals surface area contributed by atoms with Crippen molar-refractivity contribution in [2.24, 2.45) is 0 Å². The van der Waals surface area contributed by atoms with Crippen molar-refractivity contribution < 1.29 is 28.5 Å². The van der Waals surface area contributed by atoms with Gasteiger partial charge in [0.25, 0.3) is 11.8 Å². The first kappa shape index (κ1) is 27.9. The van der Waals surface area contributed by atoms with Gasteiger partial charge in [0, 0.05) is 21.3 Å². The summed E-state index contributed by atoms with van der Waals surface area (Å²) in [4.78, 5) is 27.3. The molecular formula is C31H28BrN3O6. The Bertz CT molecular complexity index is 1550. The second kappa shape index (κ2) is 12.2. The average Bonchev–Trinajstić information content (AvgIpc) is 3.01. The summed E-state index contributed by atoms with van der Waals surface area (Å²) < 4.78 is 23.0. The lowest BCUT2D eigenvalue weighted by Crippen LogP contribution is -2.53. The van der Waals surface area contributed by atoms with Crippen molar-refractivity contribution in [2.45, 2.75) is 12.8 Å². The smallest absolute Gasteiger partial charge is 0.276 e. The van der Waals surface area contributed by atoms with Crippen molar-refractivity contribution in [1.82, 2.24) is 10.4 Å². The van der Waals surface area contributed by atoms with Crippen molar-refractivity contribution in [3.63, 3.8) is 0 Å². The van der Waals surface area contributed by atoms with Crippen LogP contribution in [0.2, 0.25) is 0 Å². The second-order valence-corrected chi connectivity index (χ2v) is 9.93. The monoisotopic (exact) mass is 617 g/mol. The maximum atomic E-state index is 13.8. The fourth-order valence-electron chi connectivity index (χ4n) is 4.53. The number of nitrogens with zero attached hydrogens (tertiary/aromatic N) is 1. The lowest BCUT2D eigenvalue weighted by Gasteiger charge is -2.38. The Hall–Kier alpha value is -4.70. The van der Waals surface area contributed by atoms with E-state index in [0.29, 0.717) is 46.4 Å². The van der Waals surface area contributed by atoms with Crippen molar-refractivity contribution in [3.05, 3.63) is 112 Å². The highest BCUT2D eigenvalue weighted by Crippen LogP contribution is 2.39. The number of carbonyl (C=O) groups is 2.